The van der Waals surface area contributed by atoms with Gasteiger partial charge in [-0.1, -0.05) is 15.9 Å². The van der Waals surface area contributed by atoms with Crippen LogP contribution in [0.15, 0.2) is 45.9 Å². The fourth-order valence-electron chi connectivity index (χ4n) is 1.80. The van der Waals surface area contributed by atoms with E-state index < -0.39 is 10.0 Å². The van der Waals surface area contributed by atoms with Gasteiger partial charge in [-0.05, 0) is 43.7 Å². The number of pyridine rings is 1. The quantitative estimate of drug-likeness (QED) is 0.847. The Hall–Kier alpha value is -1.60. The summed E-state index contributed by atoms with van der Waals surface area (Å²) in [7, 11) is -3.63. The van der Waals surface area contributed by atoms with Crippen LogP contribution in [0.25, 0.3) is 0 Å². The summed E-state index contributed by atoms with van der Waals surface area (Å²) in [5.41, 5.74) is 1.40. The summed E-state index contributed by atoms with van der Waals surface area (Å²) in [5.74, 6) is 0.535. The van der Waals surface area contributed by atoms with Crippen LogP contribution in [0, 0.1) is 6.92 Å². The van der Waals surface area contributed by atoms with Crippen LogP contribution in [-0.4, -0.2) is 19.9 Å². The Morgan fingerprint density at radius 3 is 2.67 bits per heavy atom. The van der Waals surface area contributed by atoms with Crippen LogP contribution in [0.2, 0.25) is 0 Å². The van der Waals surface area contributed by atoms with E-state index in [2.05, 4.69) is 31.0 Å². The number of aromatic nitrogens is 1. The summed E-state index contributed by atoms with van der Waals surface area (Å²) >= 11 is 3.35. The highest BCUT2D eigenvalue weighted by Crippen LogP contribution is 2.23. The Kier molecular flexibility index (Phi) is 4.84. The second kappa shape index (κ2) is 6.44. The lowest BCUT2D eigenvalue weighted by molar-refractivity contribution is 0.601. The monoisotopic (exact) mass is 369 g/mol. The second-order valence-corrected chi connectivity index (χ2v) is 7.07. The predicted molar refractivity (Wildman–Crippen MR) is 88.1 cm³/mol. The maximum absolute atomic E-state index is 12.4. The third-order valence-electron chi connectivity index (χ3n) is 2.83. The molecular weight excluding hydrogens is 354 g/mol. The molecule has 0 spiro atoms. The topological polar surface area (TPSA) is 71.1 Å². The predicted octanol–water partition coefficient (Wildman–Crippen LogP) is 3.39. The van der Waals surface area contributed by atoms with Gasteiger partial charge in [-0.3, -0.25) is 4.72 Å². The van der Waals surface area contributed by atoms with Gasteiger partial charge in [0.05, 0.1) is 10.6 Å². The fourth-order valence-corrected chi connectivity index (χ4v) is 3.42. The molecule has 7 heteroatoms. The third kappa shape index (κ3) is 3.95. The maximum Gasteiger partial charge on any atom is 0.262 e. The summed E-state index contributed by atoms with van der Waals surface area (Å²) in [6.07, 6.45) is 1.47. The van der Waals surface area contributed by atoms with E-state index in [9.17, 15) is 8.42 Å². The highest BCUT2D eigenvalue weighted by molar-refractivity contribution is 9.10. The molecule has 0 amide bonds. The van der Waals surface area contributed by atoms with Crippen LogP contribution < -0.4 is 10.0 Å². The van der Waals surface area contributed by atoms with Crippen molar-refractivity contribution in [1.29, 1.82) is 0 Å². The van der Waals surface area contributed by atoms with E-state index in [4.69, 9.17) is 0 Å². The summed E-state index contributed by atoms with van der Waals surface area (Å²) in [6.45, 7) is 4.45. The van der Waals surface area contributed by atoms with Crippen LogP contribution in [-0.2, 0) is 10.0 Å². The zero-order valence-corrected chi connectivity index (χ0v) is 14.1. The van der Waals surface area contributed by atoms with Gasteiger partial charge in [-0.2, -0.15) is 0 Å². The molecule has 21 heavy (non-hydrogen) atoms. The van der Waals surface area contributed by atoms with Crippen LogP contribution >= 0.6 is 15.9 Å². The van der Waals surface area contributed by atoms with Gasteiger partial charge in [0, 0.05) is 23.3 Å². The van der Waals surface area contributed by atoms with Gasteiger partial charge in [0.15, 0.2) is 0 Å². The molecule has 0 aliphatic rings. The number of sulfonamides is 1. The first-order chi connectivity index (χ1) is 9.92. The lowest BCUT2D eigenvalue weighted by Crippen LogP contribution is -2.14. The molecule has 0 saturated carbocycles. The minimum absolute atomic E-state index is 0.177. The van der Waals surface area contributed by atoms with Crippen molar-refractivity contribution in [2.24, 2.45) is 0 Å². The normalized spacial score (nSPS) is 11.2. The smallest absolute Gasteiger partial charge is 0.262 e. The standard InChI is InChI=1S/C14H16BrN3O2S/c1-3-16-14-9-12(6-7-17-14)21(19,20)18-13-5-4-11(15)8-10(13)2/h4-9,18H,3H2,1-2H3,(H,16,17). The van der Waals surface area contributed by atoms with E-state index in [0.717, 1.165) is 10.0 Å². The zero-order chi connectivity index (χ0) is 15.5. The molecule has 0 unspecified atom stereocenters. The molecule has 2 aromatic rings. The van der Waals surface area contributed by atoms with Gasteiger partial charge in [-0.25, -0.2) is 13.4 Å². The molecule has 0 saturated heterocycles. The number of aryl methyl sites for hydroxylation is 1. The average Bonchev–Trinajstić information content (AvgIpc) is 2.43. The Morgan fingerprint density at radius 1 is 1.24 bits per heavy atom. The first-order valence-electron chi connectivity index (χ1n) is 6.41. The van der Waals surface area contributed by atoms with Crippen molar-refractivity contribution >= 4 is 37.5 Å². The van der Waals surface area contributed by atoms with Gasteiger partial charge in [0.25, 0.3) is 10.0 Å². The van der Waals surface area contributed by atoms with Crippen molar-refractivity contribution in [1.82, 2.24) is 4.98 Å². The largest absolute Gasteiger partial charge is 0.370 e. The molecule has 2 rings (SSSR count). The van der Waals surface area contributed by atoms with Gasteiger partial charge in [0.2, 0.25) is 0 Å². The molecule has 0 atom stereocenters. The SMILES string of the molecule is CCNc1cc(S(=O)(=O)Nc2ccc(Br)cc2C)ccn1. The van der Waals surface area contributed by atoms with Crippen molar-refractivity contribution in [3.05, 3.63) is 46.6 Å². The van der Waals surface area contributed by atoms with Gasteiger partial charge < -0.3 is 5.32 Å². The van der Waals surface area contributed by atoms with Crippen LogP contribution in [0.5, 0.6) is 0 Å². The molecule has 0 aliphatic heterocycles. The van der Waals surface area contributed by atoms with Crippen molar-refractivity contribution in [3.8, 4) is 0 Å². The Bertz CT molecular complexity index is 748. The molecule has 1 aromatic carbocycles. The molecular formula is C14H16BrN3O2S. The zero-order valence-electron chi connectivity index (χ0n) is 11.7. The van der Waals surface area contributed by atoms with Gasteiger partial charge in [-0.15, -0.1) is 0 Å². The van der Waals surface area contributed by atoms with Gasteiger partial charge in [0.1, 0.15) is 5.82 Å². The molecule has 0 fully saturated rings. The van der Waals surface area contributed by atoms with Crippen molar-refractivity contribution < 1.29 is 8.42 Å². The number of anilines is 2. The van der Waals surface area contributed by atoms with E-state index in [1.54, 1.807) is 12.1 Å². The lowest BCUT2D eigenvalue weighted by atomic mass is 10.2. The van der Waals surface area contributed by atoms with E-state index in [0.29, 0.717) is 18.1 Å². The lowest BCUT2D eigenvalue weighted by Gasteiger charge is -2.11. The molecule has 1 heterocycles. The first kappa shape index (κ1) is 15.8. The van der Waals surface area contributed by atoms with Crippen molar-refractivity contribution in [3.63, 3.8) is 0 Å². The first-order valence-corrected chi connectivity index (χ1v) is 8.69. The van der Waals surface area contributed by atoms with Crippen LogP contribution in [0.3, 0.4) is 0 Å². The Morgan fingerprint density at radius 2 is 2.00 bits per heavy atom. The number of halogens is 1. The fraction of sp³-hybridized carbons (Fsp3) is 0.214. The van der Waals surface area contributed by atoms with Crippen LogP contribution in [0.1, 0.15) is 12.5 Å². The van der Waals surface area contributed by atoms with E-state index in [-0.39, 0.29) is 4.90 Å². The summed E-state index contributed by atoms with van der Waals surface area (Å²) in [5, 5.41) is 2.99. The van der Waals surface area contributed by atoms with E-state index in [1.807, 2.05) is 19.9 Å². The van der Waals surface area contributed by atoms with E-state index >= 15 is 0 Å². The number of hydrogen-bond donors (Lipinski definition) is 2. The highest BCUT2D eigenvalue weighted by atomic mass is 79.9. The molecule has 0 radical (unpaired) electrons. The Balaban J connectivity index is 2.31. The Labute approximate surface area is 133 Å². The second-order valence-electron chi connectivity index (χ2n) is 4.47. The van der Waals surface area contributed by atoms with Crippen molar-refractivity contribution in [2.45, 2.75) is 18.7 Å². The maximum atomic E-state index is 12.4. The minimum atomic E-state index is -3.63. The number of benzene rings is 1. The number of rotatable bonds is 5. The average molecular weight is 370 g/mol. The summed E-state index contributed by atoms with van der Waals surface area (Å²) < 4.78 is 28.3. The third-order valence-corrected chi connectivity index (χ3v) is 4.69. The molecule has 0 bridgehead atoms. The molecule has 0 aliphatic carbocycles. The molecule has 2 N–H and O–H groups in total. The highest BCUT2D eigenvalue weighted by Gasteiger charge is 2.16. The number of hydrogen-bond acceptors (Lipinski definition) is 4. The van der Waals surface area contributed by atoms with Crippen LogP contribution in [0.4, 0.5) is 11.5 Å². The molecule has 112 valence electrons. The van der Waals surface area contributed by atoms with Gasteiger partial charge >= 0.3 is 0 Å². The van der Waals surface area contributed by atoms with E-state index in [1.165, 1.54) is 18.3 Å². The minimum Gasteiger partial charge on any atom is -0.370 e. The summed E-state index contributed by atoms with van der Waals surface area (Å²) in [6, 6.07) is 8.36. The number of nitrogens with one attached hydrogen (secondary N) is 2. The molecule has 1 aromatic heterocycles. The van der Waals surface area contributed by atoms with Crippen molar-refractivity contribution in [2.75, 3.05) is 16.6 Å². The molecule has 5 nitrogen and oxygen atoms in total. The summed E-state index contributed by atoms with van der Waals surface area (Å²) in [4.78, 5) is 4.25. The number of nitrogens with zero attached hydrogens (tertiary/aromatic N) is 1.